The van der Waals surface area contributed by atoms with E-state index in [2.05, 4.69) is 5.32 Å². The fraction of sp³-hybridized carbons (Fsp3) is 0.273. The Bertz CT molecular complexity index is 986. The molecule has 0 aliphatic carbocycles. The highest BCUT2D eigenvalue weighted by molar-refractivity contribution is 5.97. The molecule has 0 saturated carbocycles. The number of ether oxygens (including phenoxy) is 4. The van der Waals surface area contributed by atoms with Gasteiger partial charge in [-0.1, -0.05) is 0 Å². The maximum atomic E-state index is 12.7. The van der Waals surface area contributed by atoms with Gasteiger partial charge < -0.3 is 29.2 Å². The summed E-state index contributed by atoms with van der Waals surface area (Å²) in [4.78, 5) is 26.7. The number of hydrogen-bond donors (Lipinski definition) is 1. The van der Waals surface area contributed by atoms with E-state index in [4.69, 9.17) is 18.9 Å². The van der Waals surface area contributed by atoms with Crippen LogP contribution in [-0.2, 0) is 16.0 Å². The van der Waals surface area contributed by atoms with Crippen molar-refractivity contribution in [2.24, 2.45) is 0 Å². The smallest absolute Gasteiger partial charge is 0.244 e. The number of amides is 2. The zero-order valence-electron chi connectivity index (χ0n) is 17.4. The predicted octanol–water partition coefficient (Wildman–Crippen LogP) is 2.72. The number of methoxy groups -OCH3 is 4. The van der Waals surface area contributed by atoms with Crippen molar-refractivity contribution < 1.29 is 28.5 Å². The highest BCUT2D eigenvalue weighted by Crippen LogP contribution is 2.33. The third kappa shape index (κ3) is 4.48. The molecule has 1 aliphatic rings. The van der Waals surface area contributed by atoms with Crippen LogP contribution in [0.1, 0.15) is 11.1 Å². The third-order valence-corrected chi connectivity index (χ3v) is 4.74. The van der Waals surface area contributed by atoms with E-state index in [0.29, 0.717) is 28.7 Å². The van der Waals surface area contributed by atoms with Gasteiger partial charge in [-0.25, -0.2) is 0 Å². The van der Waals surface area contributed by atoms with E-state index in [9.17, 15) is 9.59 Å². The van der Waals surface area contributed by atoms with Gasteiger partial charge in [0.2, 0.25) is 11.8 Å². The summed E-state index contributed by atoms with van der Waals surface area (Å²) >= 11 is 0. The second-order valence-electron chi connectivity index (χ2n) is 6.53. The minimum atomic E-state index is -0.349. The van der Waals surface area contributed by atoms with Crippen LogP contribution in [0, 0.1) is 0 Å². The SMILES string of the molecule is COc1ccc(NC(=O)CN2C=Cc3cc(OC)c(OC)cc3CC2=O)c(OC)c1. The molecule has 1 aliphatic heterocycles. The number of anilines is 1. The van der Waals surface area contributed by atoms with Gasteiger partial charge >= 0.3 is 0 Å². The van der Waals surface area contributed by atoms with E-state index in [-0.39, 0.29) is 24.8 Å². The molecule has 0 atom stereocenters. The van der Waals surface area contributed by atoms with Crippen molar-refractivity contribution in [2.45, 2.75) is 6.42 Å². The number of hydrogen-bond acceptors (Lipinski definition) is 6. The minimum Gasteiger partial charge on any atom is -0.497 e. The van der Waals surface area contributed by atoms with Crippen molar-refractivity contribution in [3.63, 3.8) is 0 Å². The largest absolute Gasteiger partial charge is 0.497 e. The molecule has 0 aromatic heterocycles. The monoisotopic (exact) mass is 412 g/mol. The number of rotatable bonds is 7. The number of fused-ring (bicyclic) bond motifs is 1. The summed E-state index contributed by atoms with van der Waals surface area (Å²) in [5.74, 6) is 1.65. The first-order valence-electron chi connectivity index (χ1n) is 9.23. The van der Waals surface area contributed by atoms with Gasteiger partial charge in [-0.3, -0.25) is 9.59 Å². The average Bonchev–Trinajstić information content (AvgIpc) is 2.90. The summed E-state index contributed by atoms with van der Waals surface area (Å²) in [5.41, 5.74) is 2.13. The van der Waals surface area contributed by atoms with E-state index >= 15 is 0 Å². The molecule has 0 unspecified atom stereocenters. The first kappa shape index (κ1) is 21.0. The summed E-state index contributed by atoms with van der Waals surface area (Å²) in [7, 11) is 6.15. The first-order chi connectivity index (χ1) is 14.5. The molecule has 0 saturated heterocycles. The van der Waals surface area contributed by atoms with Gasteiger partial charge in [-0.2, -0.15) is 0 Å². The molecule has 2 aromatic rings. The highest BCUT2D eigenvalue weighted by atomic mass is 16.5. The van der Waals surface area contributed by atoms with Crippen molar-refractivity contribution >= 4 is 23.6 Å². The van der Waals surface area contributed by atoms with Crippen LogP contribution in [-0.4, -0.2) is 51.7 Å². The Hall–Kier alpha value is -3.68. The zero-order valence-corrected chi connectivity index (χ0v) is 17.4. The summed E-state index contributed by atoms with van der Waals surface area (Å²) in [6.07, 6.45) is 3.52. The highest BCUT2D eigenvalue weighted by Gasteiger charge is 2.22. The molecular formula is C22H24N2O6. The van der Waals surface area contributed by atoms with Crippen LogP contribution in [0.3, 0.4) is 0 Å². The Morgan fingerprint density at radius 1 is 0.967 bits per heavy atom. The average molecular weight is 412 g/mol. The Morgan fingerprint density at radius 3 is 2.33 bits per heavy atom. The van der Waals surface area contributed by atoms with E-state index in [1.807, 2.05) is 6.07 Å². The van der Waals surface area contributed by atoms with Gasteiger partial charge in [0.1, 0.15) is 18.0 Å². The summed E-state index contributed by atoms with van der Waals surface area (Å²) in [6.45, 7) is -0.132. The van der Waals surface area contributed by atoms with Crippen LogP contribution in [0.5, 0.6) is 23.0 Å². The fourth-order valence-corrected chi connectivity index (χ4v) is 3.15. The molecule has 0 fully saturated rings. The maximum Gasteiger partial charge on any atom is 0.244 e. The first-order valence-corrected chi connectivity index (χ1v) is 9.23. The van der Waals surface area contributed by atoms with Gasteiger partial charge in [0.25, 0.3) is 0 Å². The number of nitrogens with one attached hydrogen (secondary N) is 1. The van der Waals surface area contributed by atoms with Gasteiger partial charge in [0.05, 0.1) is 40.5 Å². The van der Waals surface area contributed by atoms with E-state index in [1.54, 1.807) is 57.9 Å². The second-order valence-corrected chi connectivity index (χ2v) is 6.53. The molecule has 2 aromatic carbocycles. The lowest BCUT2D eigenvalue weighted by Crippen LogP contribution is -2.34. The molecule has 1 heterocycles. The predicted molar refractivity (Wildman–Crippen MR) is 112 cm³/mol. The normalized spacial score (nSPS) is 12.7. The van der Waals surface area contributed by atoms with Crippen LogP contribution in [0.4, 0.5) is 5.69 Å². The van der Waals surface area contributed by atoms with Crippen molar-refractivity contribution in [1.82, 2.24) is 4.90 Å². The topological polar surface area (TPSA) is 86.3 Å². The van der Waals surface area contributed by atoms with Gasteiger partial charge in [-0.15, -0.1) is 0 Å². The van der Waals surface area contributed by atoms with Gasteiger partial charge in [-0.05, 0) is 41.5 Å². The molecule has 8 heteroatoms. The molecular weight excluding hydrogens is 388 g/mol. The summed E-state index contributed by atoms with van der Waals surface area (Å²) < 4.78 is 21.1. The van der Waals surface area contributed by atoms with E-state index in [1.165, 1.54) is 12.0 Å². The van der Waals surface area contributed by atoms with Crippen LogP contribution in [0.25, 0.3) is 6.08 Å². The van der Waals surface area contributed by atoms with Crippen LogP contribution in [0.2, 0.25) is 0 Å². The minimum absolute atomic E-state index is 0.132. The van der Waals surface area contributed by atoms with Crippen LogP contribution >= 0.6 is 0 Å². The molecule has 0 bridgehead atoms. The summed E-state index contributed by atoms with van der Waals surface area (Å²) in [5, 5.41) is 2.77. The van der Waals surface area contributed by atoms with Crippen molar-refractivity contribution in [3.8, 4) is 23.0 Å². The fourth-order valence-electron chi connectivity index (χ4n) is 3.15. The maximum absolute atomic E-state index is 12.7. The lowest BCUT2D eigenvalue weighted by atomic mass is 10.0. The molecule has 2 amide bonds. The Labute approximate surface area is 175 Å². The van der Waals surface area contributed by atoms with E-state index in [0.717, 1.165) is 11.1 Å². The van der Waals surface area contributed by atoms with Crippen LogP contribution in [0.15, 0.2) is 36.5 Å². The standard InChI is InChI=1S/C22H24N2O6/c1-27-16-5-6-17(18(12-16)28-2)23-21(25)13-24-8-7-14-9-19(29-3)20(30-4)10-15(14)11-22(24)26/h5-10,12H,11,13H2,1-4H3,(H,23,25). The van der Waals surface area contributed by atoms with Crippen molar-refractivity contribution in [1.29, 1.82) is 0 Å². The van der Waals surface area contributed by atoms with Gasteiger partial charge in [0, 0.05) is 12.3 Å². The van der Waals surface area contributed by atoms with E-state index < -0.39 is 0 Å². The third-order valence-electron chi connectivity index (χ3n) is 4.74. The molecule has 0 spiro atoms. The Morgan fingerprint density at radius 2 is 1.67 bits per heavy atom. The number of carbonyl (C=O) groups is 2. The molecule has 0 radical (unpaired) electrons. The molecule has 1 N–H and O–H groups in total. The number of nitrogens with zero attached hydrogens (tertiary/aromatic N) is 1. The zero-order chi connectivity index (χ0) is 21.7. The second kappa shape index (κ2) is 9.21. The van der Waals surface area contributed by atoms with Crippen molar-refractivity contribution in [3.05, 3.63) is 47.7 Å². The number of carbonyl (C=O) groups excluding carboxylic acids is 2. The number of benzene rings is 2. The molecule has 158 valence electrons. The van der Waals surface area contributed by atoms with Crippen molar-refractivity contribution in [2.75, 3.05) is 40.3 Å². The Balaban J connectivity index is 1.74. The van der Waals surface area contributed by atoms with Gasteiger partial charge in [0.15, 0.2) is 11.5 Å². The molecule has 3 rings (SSSR count). The quantitative estimate of drug-likeness (QED) is 0.753. The lowest BCUT2D eigenvalue weighted by molar-refractivity contribution is -0.131. The molecule has 8 nitrogen and oxygen atoms in total. The Kier molecular flexibility index (Phi) is 6.46. The summed E-state index contributed by atoms with van der Waals surface area (Å²) in [6, 6.07) is 8.66. The lowest BCUT2D eigenvalue weighted by Gasteiger charge is -2.18. The van der Waals surface area contributed by atoms with Crippen LogP contribution < -0.4 is 24.3 Å². The molecule has 30 heavy (non-hydrogen) atoms.